The zero-order valence-corrected chi connectivity index (χ0v) is 16.3. The van der Waals surface area contributed by atoms with Crippen molar-refractivity contribution >= 4 is 22.8 Å². The van der Waals surface area contributed by atoms with Gasteiger partial charge in [0.05, 0.1) is 6.54 Å². The van der Waals surface area contributed by atoms with Gasteiger partial charge in [0.1, 0.15) is 11.3 Å². The molecule has 0 saturated heterocycles. The summed E-state index contributed by atoms with van der Waals surface area (Å²) in [7, 11) is 0. The lowest BCUT2D eigenvalue weighted by atomic mass is 9.96. The fourth-order valence-corrected chi connectivity index (χ4v) is 4.43. The molecule has 0 atom stereocenters. The van der Waals surface area contributed by atoms with Gasteiger partial charge in [0, 0.05) is 42.1 Å². The number of nitrogens with one attached hydrogen (secondary N) is 1. The number of ether oxygens (including phenoxy) is 1. The van der Waals surface area contributed by atoms with Crippen molar-refractivity contribution < 1.29 is 9.53 Å². The number of ketones is 1. The monoisotopic (exact) mass is 383 g/mol. The second-order valence-corrected chi connectivity index (χ2v) is 8.35. The number of aliphatic imine (C=N–C) groups is 1. The van der Waals surface area contributed by atoms with Crippen LogP contribution in [-0.2, 0) is 11.2 Å². The minimum Gasteiger partial charge on any atom is -0.468 e. The van der Waals surface area contributed by atoms with Crippen molar-refractivity contribution in [3.8, 4) is 17.0 Å². The number of carbonyl (C=O) groups is 1. The molecule has 144 valence electrons. The Labute approximate surface area is 169 Å². The molecule has 6 rings (SSSR count). The zero-order chi connectivity index (χ0) is 19.6. The Morgan fingerprint density at radius 1 is 1.24 bits per heavy atom. The second-order valence-electron chi connectivity index (χ2n) is 8.35. The molecule has 1 aromatic heterocycles. The average Bonchev–Trinajstić information content (AvgIpc) is 3.12. The third-order valence-corrected chi connectivity index (χ3v) is 6.36. The topological polar surface area (TPSA) is 63.6 Å². The first-order chi connectivity index (χ1) is 14.1. The van der Waals surface area contributed by atoms with E-state index in [2.05, 4.69) is 40.4 Å². The Balaban J connectivity index is 1.41. The number of hydrogen-bond acceptors (Lipinski definition) is 5. The molecule has 0 unspecified atom stereocenters. The van der Waals surface area contributed by atoms with Crippen LogP contribution in [0.2, 0.25) is 0 Å². The molecule has 29 heavy (non-hydrogen) atoms. The number of allylic oxidation sites excluding steroid dienone is 3. The molecule has 2 aliphatic heterocycles. The summed E-state index contributed by atoms with van der Waals surface area (Å²) in [5.74, 6) is 0.871. The maximum absolute atomic E-state index is 12.6. The molecule has 1 aromatic carbocycles. The molecule has 2 aromatic rings. The molecule has 5 heteroatoms. The van der Waals surface area contributed by atoms with E-state index in [1.807, 2.05) is 18.3 Å². The molecule has 5 nitrogen and oxygen atoms in total. The van der Waals surface area contributed by atoms with Gasteiger partial charge in [-0.25, -0.2) is 4.98 Å². The number of benzene rings is 1. The van der Waals surface area contributed by atoms with Gasteiger partial charge in [-0.15, -0.1) is 0 Å². The molecule has 2 aliphatic carbocycles. The standard InChI is InChI=1S/C24H21N3O2/c1-14-20(12-26-23-22(14)27-13-24(29-23)6-7-24)15-4-5-16-10-21(28)19(18(16)9-15)11-17-3-2-8-25-17/h2,4-5,8-9,11-12,27H,3,6-7,10,13H2,1H3/b19-11-. The van der Waals surface area contributed by atoms with Crippen LogP contribution >= 0.6 is 0 Å². The van der Waals surface area contributed by atoms with E-state index >= 15 is 0 Å². The summed E-state index contributed by atoms with van der Waals surface area (Å²) < 4.78 is 6.14. The quantitative estimate of drug-likeness (QED) is 0.787. The number of aromatic nitrogens is 1. The van der Waals surface area contributed by atoms with Crippen LogP contribution in [0.5, 0.6) is 5.88 Å². The van der Waals surface area contributed by atoms with Crippen LogP contribution in [0.4, 0.5) is 5.69 Å². The maximum atomic E-state index is 12.6. The normalized spacial score (nSPS) is 21.6. The third-order valence-electron chi connectivity index (χ3n) is 6.36. The number of Topliss-reactive ketones (excluding diaryl/α,β-unsaturated/α-hetero) is 1. The Morgan fingerprint density at radius 3 is 2.93 bits per heavy atom. The van der Waals surface area contributed by atoms with Gasteiger partial charge in [0.15, 0.2) is 5.78 Å². The van der Waals surface area contributed by atoms with Crippen molar-refractivity contribution in [2.45, 2.75) is 38.2 Å². The maximum Gasteiger partial charge on any atom is 0.238 e. The van der Waals surface area contributed by atoms with Crippen LogP contribution in [-0.4, -0.2) is 28.6 Å². The van der Waals surface area contributed by atoms with Gasteiger partial charge < -0.3 is 10.1 Å². The summed E-state index contributed by atoms with van der Waals surface area (Å²) in [5, 5.41) is 3.53. The number of hydrogen-bond donors (Lipinski definition) is 1. The predicted molar refractivity (Wildman–Crippen MR) is 113 cm³/mol. The van der Waals surface area contributed by atoms with E-state index in [0.717, 1.165) is 70.6 Å². The van der Waals surface area contributed by atoms with Crippen LogP contribution in [0, 0.1) is 6.92 Å². The van der Waals surface area contributed by atoms with E-state index in [-0.39, 0.29) is 11.4 Å². The van der Waals surface area contributed by atoms with Gasteiger partial charge in [-0.3, -0.25) is 9.79 Å². The highest BCUT2D eigenvalue weighted by molar-refractivity contribution is 6.29. The van der Waals surface area contributed by atoms with E-state index in [0.29, 0.717) is 12.3 Å². The zero-order valence-electron chi connectivity index (χ0n) is 16.3. The van der Waals surface area contributed by atoms with Gasteiger partial charge in [-0.2, -0.15) is 0 Å². The number of pyridine rings is 1. The lowest BCUT2D eigenvalue weighted by molar-refractivity contribution is -0.112. The van der Waals surface area contributed by atoms with Crippen LogP contribution in [0.25, 0.3) is 16.7 Å². The Kier molecular flexibility index (Phi) is 3.40. The van der Waals surface area contributed by atoms with Gasteiger partial charge >= 0.3 is 0 Å². The van der Waals surface area contributed by atoms with Crippen molar-refractivity contribution in [1.82, 2.24) is 4.98 Å². The second kappa shape index (κ2) is 5.89. The number of fused-ring (bicyclic) bond motifs is 2. The van der Waals surface area contributed by atoms with Crippen LogP contribution < -0.4 is 10.1 Å². The van der Waals surface area contributed by atoms with Crippen molar-refractivity contribution in [2.75, 3.05) is 11.9 Å². The molecule has 4 aliphatic rings. The molecule has 1 saturated carbocycles. The summed E-state index contributed by atoms with van der Waals surface area (Å²) in [5.41, 5.74) is 8.02. The smallest absolute Gasteiger partial charge is 0.238 e. The third kappa shape index (κ3) is 2.64. The van der Waals surface area contributed by atoms with Crippen LogP contribution in [0.3, 0.4) is 0 Å². The minimum absolute atomic E-state index is 0.0284. The van der Waals surface area contributed by atoms with E-state index in [1.54, 1.807) is 6.20 Å². The highest BCUT2D eigenvalue weighted by Gasteiger charge is 2.48. The van der Waals surface area contributed by atoms with Gasteiger partial charge in [-0.1, -0.05) is 18.2 Å². The SMILES string of the molecule is Cc1c(-c2ccc3c(c2)/C(=C/C2=NC=CC2)C(=O)C3)cnc2c1NCC1(CC1)O2. The van der Waals surface area contributed by atoms with Crippen molar-refractivity contribution in [1.29, 1.82) is 0 Å². The average molecular weight is 383 g/mol. The minimum atomic E-state index is -0.0284. The van der Waals surface area contributed by atoms with Gasteiger partial charge in [0.2, 0.25) is 5.88 Å². The molecule has 1 fully saturated rings. The number of rotatable bonds is 2. The summed E-state index contributed by atoms with van der Waals surface area (Å²) in [6.45, 7) is 2.94. The molecule has 0 radical (unpaired) electrons. The van der Waals surface area contributed by atoms with Crippen LogP contribution in [0.1, 0.15) is 36.0 Å². The Morgan fingerprint density at radius 2 is 2.14 bits per heavy atom. The summed E-state index contributed by atoms with van der Waals surface area (Å²) in [6, 6.07) is 6.28. The van der Waals surface area contributed by atoms with E-state index in [9.17, 15) is 4.79 Å². The van der Waals surface area contributed by atoms with Crippen LogP contribution in [0.15, 0.2) is 47.7 Å². The molecule has 1 N–H and O–H groups in total. The molecule has 0 amide bonds. The first kappa shape index (κ1) is 16.7. The van der Waals surface area contributed by atoms with Crippen molar-refractivity contribution in [2.24, 2.45) is 4.99 Å². The lowest BCUT2D eigenvalue weighted by Crippen LogP contribution is -2.33. The highest BCUT2D eigenvalue weighted by atomic mass is 16.5. The van der Waals surface area contributed by atoms with E-state index in [4.69, 9.17) is 4.74 Å². The molecule has 1 spiro atoms. The number of nitrogens with zero attached hydrogens (tertiary/aromatic N) is 2. The number of carbonyl (C=O) groups excluding carboxylic acids is 1. The summed E-state index contributed by atoms with van der Waals surface area (Å²) in [6.07, 6.45) is 11.1. The fourth-order valence-electron chi connectivity index (χ4n) is 4.43. The van der Waals surface area contributed by atoms with Crippen molar-refractivity contribution in [3.05, 3.63) is 59.4 Å². The first-order valence-corrected chi connectivity index (χ1v) is 10.1. The Bertz CT molecular complexity index is 1170. The van der Waals surface area contributed by atoms with Crippen molar-refractivity contribution in [3.63, 3.8) is 0 Å². The molecular formula is C24H21N3O2. The van der Waals surface area contributed by atoms with E-state index < -0.39 is 0 Å². The number of anilines is 1. The first-order valence-electron chi connectivity index (χ1n) is 10.1. The highest BCUT2D eigenvalue weighted by Crippen LogP contribution is 2.47. The molecular weight excluding hydrogens is 362 g/mol. The Hall–Kier alpha value is -3.21. The predicted octanol–water partition coefficient (Wildman–Crippen LogP) is 4.26. The molecule has 0 bridgehead atoms. The summed E-state index contributed by atoms with van der Waals surface area (Å²) >= 11 is 0. The largest absolute Gasteiger partial charge is 0.468 e. The lowest BCUT2D eigenvalue weighted by Gasteiger charge is -2.28. The van der Waals surface area contributed by atoms with Gasteiger partial charge in [-0.05, 0) is 54.2 Å². The molecule has 3 heterocycles. The summed E-state index contributed by atoms with van der Waals surface area (Å²) in [4.78, 5) is 21.6. The van der Waals surface area contributed by atoms with E-state index in [1.165, 1.54) is 0 Å². The fraction of sp³-hybridized carbons (Fsp3) is 0.292. The van der Waals surface area contributed by atoms with Gasteiger partial charge in [0.25, 0.3) is 0 Å².